The highest BCUT2D eigenvalue weighted by molar-refractivity contribution is 5.89. The number of nitrogens with zero attached hydrogens (tertiary/aromatic N) is 1. The second kappa shape index (κ2) is 12.0. The minimum absolute atomic E-state index is 0.288. The highest BCUT2D eigenvalue weighted by Gasteiger charge is 2.06. The lowest BCUT2D eigenvalue weighted by Crippen LogP contribution is -2.09. The second-order valence-corrected chi connectivity index (χ2v) is 7.09. The fourth-order valence-electron chi connectivity index (χ4n) is 2.71. The predicted octanol–water partition coefficient (Wildman–Crippen LogP) is 5.24. The van der Waals surface area contributed by atoms with E-state index in [9.17, 15) is 4.79 Å². The third-order valence-electron chi connectivity index (χ3n) is 4.49. The number of ether oxygens (including phenoxy) is 2. The lowest BCUT2D eigenvalue weighted by molar-refractivity contribution is 0.0549. The van der Waals surface area contributed by atoms with Gasteiger partial charge >= 0.3 is 5.97 Å². The Hall–Kier alpha value is -2.59. The Morgan fingerprint density at radius 1 is 1.00 bits per heavy atom. The van der Waals surface area contributed by atoms with Crippen LogP contribution < -0.4 is 4.90 Å². The molecular formula is C24H31NO3. The highest BCUT2D eigenvalue weighted by Crippen LogP contribution is 2.13. The summed E-state index contributed by atoms with van der Waals surface area (Å²) in [7, 11) is 3.94. The van der Waals surface area contributed by atoms with Crippen molar-refractivity contribution in [1.29, 1.82) is 0 Å². The van der Waals surface area contributed by atoms with Crippen LogP contribution in [0.2, 0.25) is 0 Å². The van der Waals surface area contributed by atoms with Crippen molar-refractivity contribution in [3.8, 4) is 0 Å². The third-order valence-corrected chi connectivity index (χ3v) is 4.49. The average molecular weight is 382 g/mol. The van der Waals surface area contributed by atoms with Crippen LogP contribution in [0.25, 0.3) is 0 Å². The summed E-state index contributed by atoms with van der Waals surface area (Å²) in [5, 5.41) is 0. The van der Waals surface area contributed by atoms with Gasteiger partial charge in [-0.25, -0.2) is 4.79 Å². The Morgan fingerprint density at radius 2 is 1.71 bits per heavy atom. The normalized spacial score (nSPS) is 11.3. The van der Waals surface area contributed by atoms with Gasteiger partial charge in [0.1, 0.15) is 6.61 Å². The maximum Gasteiger partial charge on any atom is 0.338 e. The Morgan fingerprint density at radius 3 is 2.39 bits per heavy atom. The van der Waals surface area contributed by atoms with Crippen LogP contribution in [0, 0.1) is 0 Å². The van der Waals surface area contributed by atoms with Gasteiger partial charge in [0.05, 0.1) is 12.2 Å². The van der Waals surface area contributed by atoms with Crippen LogP contribution in [0.4, 0.5) is 5.69 Å². The van der Waals surface area contributed by atoms with E-state index >= 15 is 0 Å². The molecule has 0 spiro atoms. The number of carbonyl (C=O) groups is 1. The first kappa shape index (κ1) is 21.7. The van der Waals surface area contributed by atoms with Gasteiger partial charge in [0.15, 0.2) is 0 Å². The molecule has 0 fully saturated rings. The number of allylic oxidation sites excluding steroid dienone is 1. The Bertz CT molecular complexity index is 736. The first-order valence-electron chi connectivity index (χ1n) is 9.78. The minimum Gasteiger partial charge on any atom is -0.458 e. The van der Waals surface area contributed by atoms with Crippen LogP contribution >= 0.6 is 0 Å². The van der Waals surface area contributed by atoms with Crippen LogP contribution in [0.15, 0.2) is 66.2 Å². The maximum absolute atomic E-state index is 12.1. The molecule has 0 saturated heterocycles. The van der Waals surface area contributed by atoms with Gasteiger partial charge in [0, 0.05) is 26.4 Å². The van der Waals surface area contributed by atoms with Crippen molar-refractivity contribution in [2.24, 2.45) is 0 Å². The summed E-state index contributed by atoms with van der Waals surface area (Å²) in [5.74, 6) is -0.288. The van der Waals surface area contributed by atoms with Crippen LogP contribution in [0.3, 0.4) is 0 Å². The van der Waals surface area contributed by atoms with Crippen molar-refractivity contribution in [3.05, 3.63) is 77.4 Å². The van der Waals surface area contributed by atoms with Crippen molar-refractivity contribution in [2.75, 3.05) is 32.2 Å². The van der Waals surface area contributed by atoms with E-state index in [1.54, 1.807) is 12.1 Å². The molecule has 4 heteroatoms. The van der Waals surface area contributed by atoms with Crippen molar-refractivity contribution in [3.63, 3.8) is 0 Å². The van der Waals surface area contributed by atoms with E-state index in [0.717, 1.165) is 31.6 Å². The van der Waals surface area contributed by atoms with E-state index < -0.39 is 0 Å². The lowest BCUT2D eigenvalue weighted by Gasteiger charge is -2.12. The topological polar surface area (TPSA) is 38.8 Å². The lowest BCUT2D eigenvalue weighted by atomic mass is 10.1. The molecule has 0 N–H and O–H groups in total. The summed E-state index contributed by atoms with van der Waals surface area (Å²) < 4.78 is 11.0. The number of hydrogen-bond donors (Lipinski definition) is 0. The molecule has 2 rings (SSSR count). The van der Waals surface area contributed by atoms with Gasteiger partial charge in [-0.3, -0.25) is 0 Å². The quantitative estimate of drug-likeness (QED) is 0.303. The van der Waals surface area contributed by atoms with Crippen LogP contribution in [0.1, 0.15) is 42.1 Å². The zero-order valence-corrected chi connectivity index (χ0v) is 17.2. The first-order chi connectivity index (χ1) is 13.6. The molecule has 0 bridgehead atoms. The average Bonchev–Trinajstić information content (AvgIpc) is 2.71. The molecule has 0 heterocycles. The Labute approximate surface area is 168 Å². The third kappa shape index (κ3) is 7.97. The Kier molecular flexibility index (Phi) is 9.29. The maximum atomic E-state index is 12.1. The van der Waals surface area contributed by atoms with Gasteiger partial charge in [-0.15, -0.1) is 0 Å². The minimum atomic E-state index is -0.288. The SMILES string of the molecule is C/C(=C\COC(=O)c1ccc(N(C)C)cc1)CCCCOCc1ccccc1. The molecule has 0 radical (unpaired) electrons. The number of unbranched alkanes of at least 4 members (excludes halogenated alkanes) is 1. The molecule has 4 nitrogen and oxygen atoms in total. The number of esters is 1. The molecular weight excluding hydrogens is 350 g/mol. The number of benzene rings is 2. The van der Waals surface area contributed by atoms with Gasteiger partial charge in [-0.2, -0.15) is 0 Å². The van der Waals surface area contributed by atoms with Crippen molar-refractivity contribution < 1.29 is 14.3 Å². The predicted molar refractivity (Wildman–Crippen MR) is 115 cm³/mol. The number of hydrogen-bond acceptors (Lipinski definition) is 4. The van der Waals surface area contributed by atoms with E-state index in [1.807, 2.05) is 55.4 Å². The fourth-order valence-corrected chi connectivity index (χ4v) is 2.71. The molecule has 0 aliphatic heterocycles. The zero-order chi connectivity index (χ0) is 20.2. The standard InChI is InChI=1S/C24H31NO3/c1-20(9-7-8-17-27-19-21-10-5-4-6-11-21)16-18-28-24(26)22-12-14-23(15-13-22)25(2)3/h4-6,10-16H,7-9,17-19H2,1-3H3/b20-16+. The summed E-state index contributed by atoms with van der Waals surface area (Å²) in [4.78, 5) is 14.1. The molecule has 0 unspecified atom stereocenters. The molecule has 2 aromatic rings. The molecule has 0 aliphatic carbocycles. The van der Waals surface area contributed by atoms with E-state index in [4.69, 9.17) is 9.47 Å². The fraction of sp³-hybridized carbons (Fsp3) is 0.375. The van der Waals surface area contributed by atoms with E-state index in [1.165, 1.54) is 11.1 Å². The molecule has 0 saturated carbocycles. The molecule has 0 atom stereocenters. The number of anilines is 1. The molecule has 0 aromatic heterocycles. The van der Waals surface area contributed by atoms with Crippen LogP contribution in [-0.2, 0) is 16.1 Å². The number of rotatable bonds is 11. The van der Waals surface area contributed by atoms with Gasteiger partial charge < -0.3 is 14.4 Å². The van der Waals surface area contributed by atoms with Crippen molar-refractivity contribution in [1.82, 2.24) is 0 Å². The van der Waals surface area contributed by atoms with Gasteiger partial charge in [0.2, 0.25) is 0 Å². The van der Waals surface area contributed by atoms with E-state index in [0.29, 0.717) is 18.8 Å². The molecule has 0 aliphatic rings. The van der Waals surface area contributed by atoms with Gasteiger partial charge in [-0.05, 0) is 62.1 Å². The summed E-state index contributed by atoms with van der Waals surface area (Å²) in [6, 6.07) is 17.6. The van der Waals surface area contributed by atoms with Gasteiger partial charge in [-0.1, -0.05) is 35.9 Å². The van der Waals surface area contributed by atoms with E-state index in [-0.39, 0.29) is 5.97 Å². The monoisotopic (exact) mass is 381 g/mol. The molecule has 150 valence electrons. The van der Waals surface area contributed by atoms with E-state index in [2.05, 4.69) is 19.1 Å². The summed E-state index contributed by atoms with van der Waals surface area (Å²) in [6.45, 7) is 3.82. The summed E-state index contributed by atoms with van der Waals surface area (Å²) in [6.07, 6.45) is 5.06. The number of carbonyl (C=O) groups excluding carboxylic acids is 1. The molecule has 28 heavy (non-hydrogen) atoms. The van der Waals surface area contributed by atoms with Crippen LogP contribution in [0.5, 0.6) is 0 Å². The Balaban J connectivity index is 1.58. The van der Waals surface area contributed by atoms with Crippen molar-refractivity contribution in [2.45, 2.75) is 32.8 Å². The van der Waals surface area contributed by atoms with Crippen LogP contribution in [-0.4, -0.2) is 33.3 Å². The molecule has 0 amide bonds. The van der Waals surface area contributed by atoms with Gasteiger partial charge in [0.25, 0.3) is 0 Å². The first-order valence-corrected chi connectivity index (χ1v) is 9.78. The molecule has 2 aromatic carbocycles. The summed E-state index contributed by atoms with van der Waals surface area (Å²) in [5.41, 5.74) is 4.07. The second-order valence-electron chi connectivity index (χ2n) is 7.09. The summed E-state index contributed by atoms with van der Waals surface area (Å²) >= 11 is 0. The smallest absolute Gasteiger partial charge is 0.338 e. The highest BCUT2D eigenvalue weighted by atomic mass is 16.5. The zero-order valence-electron chi connectivity index (χ0n) is 17.2. The van der Waals surface area contributed by atoms with Crippen molar-refractivity contribution >= 4 is 11.7 Å². The largest absolute Gasteiger partial charge is 0.458 e.